The third-order valence-corrected chi connectivity index (χ3v) is 1.73. The number of hydrogen-bond acceptors (Lipinski definition) is 4. The van der Waals surface area contributed by atoms with Gasteiger partial charge in [-0.2, -0.15) is 0 Å². The Labute approximate surface area is 74.9 Å². The Balaban J connectivity index is 3.19. The van der Waals surface area contributed by atoms with Gasteiger partial charge in [-0.25, -0.2) is 0 Å². The summed E-state index contributed by atoms with van der Waals surface area (Å²) in [5.74, 6) is 0. The molecule has 5 nitrogen and oxygen atoms in total. The van der Waals surface area contributed by atoms with Gasteiger partial charge in [0.15, 0.2) is 0 Å². The van der Waals surface area contributed by atoms with Crippen LogP contribution < -0.4 is 5.73 Å². The van der Waals surface area contributed by atoms with Crippen molar-refractivity contribution < 1.29 is 10.0 Å². The van der Waals surface area contributed by atoms with E-state index in [1.165, 1.54) is 19.1 Å². The van der Waals surface area contributed by atoms with E-state index in [4.69, 9.17) is 10.8 Å². The fraction of sp³-hybridized carbons (Fsp3) is 0.250. The third-order valence-electron chi connectivity index (χ3n) is 1.73. The first kappa shape index (κ1) is 9.47. The number of aliphatic hydroxyl groups is 1. The van der Waals surface area contributed by atoms with Crippen LogP contribution in [0.15, 0.2) is 18.2 Å². The van der Waals surface area contributed by atoms with Gasteiger partial charge in [0.2, 0.25) is 0 Å². The Bertz CT molecular complexity index is 336. The molecule has 70 valence electrons. The van der Waals surface area contributed by atoms with Crippen molar-refractivity contribution in [2.24, 2.45) is 0 Å². The Morgan fingerprint density at radius 3 is 2.69 bits per heavy atom. The molecule has 13 heavy (non-hydrogen) atoms. The minimum Gasteiger partial charge on any atom is -0.393 e. The van der Waals surface area contributed by atoms with Crippen molar-refractivity contribution in [2.45, 2.75) is 13.0 Å². The molecule has 1 aromatic carbocycles. The molecule has 0 heterocycles. The molecule has 3 N–H and O–H groups in total. The summed E-state index contributed by atoms with van der Waals surface area (Å²) in [5.41, 5.74) is 5.79. The predicted octanol–water partition coefficient (Wildman–Crippen LogP) is 1.23. The van der Waals surface area contributed by atoms with E-state index in [0.29, 0.717) is 5.56 Å². The number of nitrogens with two attached hydrogens (primary N) is 1. The molecule has 0 aliphatic rings. The summed E-state index contributed by atoms with van der Waals surface area (Å²) in [7, 11) is 0. The van der Waals surface area contributed by atoms with Crippen LogP contribution in [0.3, 0.4) is 0 Å². The van der Waals surface area contributed by atoms with E-state index < -0.39 is 11.0 Å². The number of nitro benzene ring substituents is 1. The Kier molecular flexibility index (Phi) is 2.48. The number of nitrogen functional groups attached to an aromatic ring is 1. The number of anilines is 1. The van der Waals surface area contributed by atoms with Gasteiger partial charge in [0.25, 0.3) is 5.69 Å². The van der Waals surface area contributed by atoms with Crippen LogP contribution in [0.2, 0.25) is 0 Å². The summed E-state index contributed by atoms with van der Waals surface area (Å²) in [4.78, 5) is 9.87. The lowest BCUT2D eigenvalue weighted by Crippen LogP contribution is -1.98. The summed E-state index contributed by atoms with van der Waals surface area (Å²) in [6.07, 6.45) is -0.723. The van der Waals surface area contributed by atoms with E-state index in [-0.39, 0.29) is 11.4 Å². The van der Waals surface area contributed by atoms with Crippen LogP contribution in [-0.2, 0) is 0 Å². The summed E-state index contributed by atoms with van der Waals surface area (Å²) < 4.78 is 0. The molecule has 0 bridgehead atoms. The Morgan fingerprint density at radius 2 is 2.23 bits per heavy atom. The highest BCUT2D eigenvalue weighted by Gasteiger charge is 2.13. The van der Waals surface area contributed by atoms with Crippen LogP contribution >= 0.6 is 0 Å². The predicted molar refractivity (Wildman–Crippen MR) is 48.1 cm³/mol. The van der Waals surface area contributed by atoms with Gasteiger partial charge in [0.05, 0.1) is 11.0 Å². The maximum Gasteiger partial charge on any atom is 0.292 e. The first-order chi connectivity index (χ1) is 6.02. The summed E-state index contributed by atoms with van der Waals surface area (Å²) in [5, 5.41) is 19.6. The van der Waals surface area contributed by atoms with E-state index in [2.05, 4.69) is 0 Å². The number of benzene rings is 1. The van der Waals surface area contributed by atoms with E-state index in [9.17, 15) is 10.1 Å². The first-order valence-electron chi connectivity index (χ1n) is 3.74. The van der Waals surface area contributed by atoms with E-state index in [1.807, 2.05) is 0 Å². The second kappa shape index (κ2) is 3.40. The van der Waals surface area contributed by atoms with Crippen molar-refractivity contribution in [3.63, 3.8) is 0 Å². The first-order valence-corrected chi connectivity index (χ1v) is 3.74. The standard InChI is InChI=1S/C8H10N2O3/c1-5(11)6-2-3-7(9)8(4-6)10(12)13/h2-5,11H,9H2,1H3. The second-order valence-electron chi connectivity index (χ2n) is 2.75. The molecular weight excluding hydrogens is 172 g/mol. The fourth-order valence-corrected chi connectivity index (χ4v) is 0.979. The molecule has 0 spiro atoms. The highest BCUT2D eigenvalue weighted by Crippen LogP contribution is 2.25. The largest absolute Gasteiger partial charge is 0.393 e. The molecule has 5 heteroatoms. The van der Waals surface area contributed by atoms with Crippen LogP contribution in [0.4, 0.5) is 11.4 Å². The maximum absolute atomic E-state index is 10.4. The minimum absolute atomic E-state index is 0.106. The molecule has 0 saturated carbocycles. The zero-order chi connectivity index (χ0) is 10.0. The van der Waals surface area contributed by atoms with E-state index in [1.54, 1.807) is 6.07 Å². The van der Waals surface area contributed by atoms with Crippen molar-refractivity contribution in [3.8, 4) is 0 Å². The zero-order valence-corrected chi connectivity index (χ0v) is 7.10. The number of aliphatic hydroxyl groups excluding tert-OH is 1. The van der Waals surface area contributed by atoms with Gasteiger partial charge in [-0.05, 0) is 18.6 Å². The number of rotatable bonds is 2. The normalized spacial score (nSPS) is 12.5. The topological polar surface area (TPSA) is 89.4 Å². The van der Waals surface area contributed by atoms with Crippen molar-refractivity contribution in [1.29, 1.82) is 0 Å². The number of nitrogens with zero attached hydrogens (tertiary/aromatic N) is 1. The summed E-state index contributed by atoms with van der Waals surface area (Å²) >= 11 is 0. The average Bonchev–Trinajstić information content (AvgIpc) is 2.04. The third kappa shape index (κ3) is 1.94. The Hall–Kier alpha value is -1.62. The van der Waals surface area contributed by atoms with Gasteiger partial charge in [0.1, 0.15) is 5.69 Å². The van der Waals surface area contributed by atoms with Gasteiger partial charge < -0.3 is 10.8 Å². The Morgan fingerprint density at radius 1 is 1.62 bits per heavy atom. The molecule has 1 rings (SSSR count). The minimum atomic E-state index is -0.723. The lowest BCUT2D eigenvalue weighted by molar-refractivity contribution is -0.384. The van der Waals surface area contributed by atoms with Crippen LogP contribution in [0.5, 0.6) is 0 Å². The molecular formula is C8H10N2O3. The second-order valence-corrected chi connectivity index (χ2v) is 2.75. The molecule has 0 aromatic heterocycles. The molecule has 0 radical (unpaired) electrons. The molecule has 1 atom stereocenters. The van der Waals surface area contributed by atoms with E-state index >= 15 is 0 Å². The smallest absolute Gasteiger partial charge is 0.292 e. The van der Waals surface area contributed by atoms with Crippen molar-refractivity contribution in [2.75, 3.05) is 5.73 Å². The molecule has 0 amide bonds. The van der Waals surface area contributed by atoms with Gasteiger partial charge >= 0.3 is 0 Å². The van der Waals surface area contributed by atoms with Crippen molar-refractivity contribution in [1.82, 2.24) is 0 Å². The molecule has 0 fully saturated rings. The van der Waals surface area contributed by atoms with Crippen LogP contribution in [0.1, 0.15) is 18.6 Å². The molecule has 1 aromatic rings. The van der Waals surface area contributed by atoms with Gasteiger partial charge in [-0.3, -0.25) is 10.1 Å². The summed E-state index contributed by atoms with van der Waals surface area (Å²) in [6, 6.07) is 4.26. The maximum atomic E-state index is 10.4. The molecule has 0 aliphatic heterocycles. The lowest BCUT2D eigenvalue weighted by atomic mass is 10.1. The van der Waals surface area contributed by atoms with Gasteiger partial charge in [-0.15, -0.1) is 0 Å². The highest BCUT2D eigenvalue weighted by atomic mass is 16.6. The van der Waals surface area contributed by atoms with Crippen molar-refractivity contribution >= 4 is 11.4 Å². The number of hydrogen-bond donors (Lipinski definition) is 2. The SMILES string of the molecule is CC(O)c1ccc(N)c([N+](=O)[O-])c1. The number of nitro groups is 1. The van der Waals surface area contributed by atoms with Gasteiger partial charge in [0, 0.05) is 6.07 Å². The van der Waals surface area contributed by atoms with Crippen molar-refractivity contribution in [3.05, 3.63) is 33.9 Å². The summed E-state index contributed by atoms with van der Waals surface area (Å²) in [6.45, 7) is 1.54. The van der Waals surface area contributed by atoms with Crippen LogP contribution in [-0.4, -0.2) is 10.0 Å². The zero-order valence-electron chi connectivity index (χ0n) is 7.10. The van der Waals surface area contributed by atoms with E-state index in [0.717, 1.165) is 0 Å². The average molecular weight is 182 g/mol. The fourth-order valence-electron chi connectivity index (χ4n) is 0.979. The van der Waals surface area contributed by atoms with Crippen LogP contribution in [0, 0.1) is 10.1 Å². The molecule has 0 saturated heterocycles. The molecule has 0 aliphatic carbocycles. The van der Waals surface area contributed by atoms with Gasteiger partial charge in [-0.1, -0.05) is 6.07 Å². The van der Waals surface area contributed by atoms with Crippen LogP contribution in [0.25, 0.3) is 0 Å². The highest BCUT2D eigenvalue weighted by molar-refractivity contribution is 5.59. The monoisotopic (exact) mass is 182 g/mol. The molecule has 1 unspecified atom stereocenters. The lowest BCUT2D eigenvalue weighted by Gasteiger charge is -2.04. The quantitative estimate of drug-likeness (QED) is 0.409.